The summed E-state index contributed by atoms with van der Waals surface area (Å²) < 4.78 is 18.5. The molecule has 244 valence electrons. The number of aromatic nitrogens is 3. The number of benzene rings is 2. The molecule has 4 rings (SSSR count). The molecule has 46 heavy (non-hydrogen) atoms. The van der Waals surface area contributed by atoms with Crippen molar-refractivity contribution in [2.75, 3.05) is 29.2 Å². The second-order valence-corrected chi connectivity index (χ2v) is 12.3. The highest BCUT2D eigenvalue weighted by Crippen LogP contribution is 2.33. The Kier molecular flexibility index (Phi) is 11.1. The van der Waals surface area contributed by atoms with E-state index < -0.39 is 29.8 Å². The van der Waals surface area contributed by atoms with E-state index in [0.717, 1.165) is 19.3 Å². The number of Topliss-reactive ketones (excluding diaryl/α,β-unsaturated/α-hetero) is 1. The largest absolute Gasteiger partial charge is 0.444 e. The fraction of sp³-hybridized carbons (Fsp3) is 0.455. The minimum absolute atomic E-state index is 0.0438. The molecule has 13 nitrogen and oxygen atoms in total. The topological polar surface area (TPSA) is 161 Å². The number of anilines is 3. The van der Waals surface area contributed by atoms with Gasteiger partial charge in [-0.3, -0.25) is 14.9 Å². The van der Waals surface area contributed by atoms with Crippen LogP contribution in [0.15, 0.2) is 42.6 Å². The predicted octanol–water partition coefficient (Wildman–Crippen LogP) is 5.59. The Labute approximate surface area is 268 Å². The van der Waals surface area contributed by atoms with E-state index in [4.69, 9.17) is 14.2 Å². The molecule has 1 fully saturated rings. The van der Waals surface area contributed by atoms with Gasteiger partial charge in [0.1, 0.15) is 11.7 Å². The number of ether oxygens (including phenoxy) is 3. The summed E-state index contributed by atoms with van der Waals surface area (Å²) in [5.74, 6) is -1.06. The van der Waals surface area contributed by atoms with Crippen molar-refractivity contribution in [2.45, 2.75) is 84.8 Å². The number of hydrogen-bond acceptors (Lipinski definition) is 10. The fourth-order valence-electron chi connectivity index (χ4n) is 4.71. The number of nitrogens with zero attached hydrogens (tertiary/aromatic N) is 5. The van der Waals surface area contributed by atoms with Crippen molar-refractivity contribution >= 4 is 34.8 Å². The summed E-state index contributed by atoms with van der Waals surface area (Å²) in [6.45, 7) is 10.0. The highest BCUT2D eigenvalue weighted by molar-refractivity contribution is 6.12. The van der Waals surface area contributed by atoms with Crippen LogP contribution in [0.25, 0.3) is 5.69 Å². The molecule has 1 aliphatic heterocycles. The van der Waals surface area contributed by atoms with Crippen LogP contribution in [0.1, 0.15) is 81.9 Å². The second-order valence-electron chi connectivity index (χ2n) is 12.3. The van der Waals surface area contributed by atoms with E-state index in [2.05, 4.69) is 27.0 Å². The van der Waals surface area contributed by atoms with Crippen molar-refractivity contribution in [1.29, 1.82) is 5.26 Å². The third-order valence-corrected chi connectivity index (χ3v) is 7.23. The van der Waals surface area contributed by atoms with E-state index >= 15 is 0 Å². The molecule has 2 heterocycles. The Morgan fingerprint density at radius 3 is 2.59 bits per heavy atom. The first-order chi connectivity index (χ1) is 21.8. The Bertz CT molecular complexity index is 1600. The van der Waals surface area contributed by atoms with Crippen molar-refractivity contribution in [3.63, 3.8) is 0 Å². The molecule has 1 aliphatic rings. The van der Waals surface area contributed by atoms with E-state index in [1.165, 1.54) is 6.07 Å². The standard InChI is InChI=1S/C33H41N7O6/c1-21(2)39(6)28-16-27(37-32(43)46-33(3,4)5)26(15-23(28)18-34)36-30(42)17-29(41)22-10-9-11-24(14-22)40-25(19-35-38-40)20-45-31-12-7-8-13-44-31/h9-11,14-16,19,21,31H,7-8,12-13,17,20H2,1-6H3,(H,36,42)(H,37,43). The van der Waals surface area contributed by atoms with Gasteiger partial charge in [-0.25, -0.2) is 9.48 Å². The normalized spacial score (nSPS) is 14.8. The fourth-order valence-corrected chi connectivity index (χ4v) is 4.71. The zero-order valence-electron chi connectivity index (χ0n) is 27.1. The molecule has 2 N–H and O–H groups in total. The minimum Gasteiger partial charge on any atom is -0.444 e. The highest BCUT2D eigenvalue weighted by Gasteiger charge is 2.22. The van der Waals surface area contributed by atoms with Gasteiger partial charge in [0.2, 0.25) is 5.91 Å². The number of ketones is 1. The van der Waals surface area contributed by atoms with Crippen LogP contribution < -0.4 is 15.5 Å². The first-order valence-electron chi connectivity index (χ1n) is 15.2. The highest BCUT2D eigenvalue weighted by atomic mass is 16.7. The zero-order chi connectivity index (χ0) is 33.4. The molecule has 0 saturated carbocycles. The number of nitriles is 1. The molecule has 0 spiro atoms. The maximum atomic E-state index is 13.2. The Hall–Kier alpha value is -4.80. The van der Waals surface area contributed by atoms with Crippen molar-refractivity contribution in [3.8, 4) is 11.8 Å². The van der Waals surface area contributed by atoms with Crippen LogP contribution in [0.2, 0.25) is 0 Å². The van der Waals surface area contributed by atoms with Crippen LogP contribution in [0.4, 0.5) is 21.9 Å². The lowest BCUT2D eigenvalue weighted by atomic mass is 10.1. The summed E-state index contributed by atoms with van der Waals surface area (Å²) in [6.07, 6.45) is 2.98. The van der Waals surface area contributed by atoms with E-state index in [1.54, 1.807) is 62.0 Å². The summed E-state index contributed by atoms with van der Waals surface area (Å²) in [5, 5.41) is 23.4. The van der Waals surface area contributed by atoms with E-state index in [1.807, 2.05) is 25.8 Å². The van der Waals surface area contributed by atoms with Crippen LogP contribution >= 0.6 is 0 Å². The molecule has 2 aromatic carbocycles. The number of nitrogens with one attached hydrogen (secondary N) is 2. The second kappa shape index (κ2) is 15.0. The zero-order valence-corrected chi connectivity index (χ0v) is 27.1. The summed E-state index contributed by atoms with van der Waals surface area (Å²) >= 11 is 0. The molecule has 1 unspecified atom stereocenters. The number of hydrogen-bond donors (Lipinski definition) is 2. The maximum Gasteiger partial charge on any atom is 0.412 e. The van der Waals surface area contributed by atoms with Crippen molar-refractivity contribution < 1.29 is 28.6 Å². The molecular formula is C33H41N7O6. The quantitative estimate of drug-likeness (QED) is 0.202. The van der Waals surface area contributed by atoms with Crippen LogP contribution in [-0.2, 0) is 25.6 Å². The van der Waals surface area contributed by atoms with Gasteiger partial charge in [0.15, 0.2) is 12.1 Å². The molecule has 0 bridgehead atoms. The average molecular weight is 632 g/mol. The number of amides is 2. The van der Waals surface area contributed by atoms with Gasteiger partial charge in [-0.05, 0) is 78.1 Å². The molecule has 1 atom stereocenters. The van der Waals surface area contributed by atoms with Gasteiger partial charge in [-0.15, -0.1) is 5.10 Å². The molecule has 1 aromatic heterocycles. The first kappa shape index (κ1) is 34.1. The van der Waals surface area contributed by atoms with E-state index in [9.17, 15) is 19.6 Å². The molecule has 0 aliphatic carbocycles. The summed E-state index contributed by atoms with van der Waals surface area (Å²) in [7, 11) is 1.82. The van der Waals surface area contributed by atoms with Crippen LogP contribution in [0.3, 0.4) is 0 Å². The van der Waals surface area contributed by atoms with Gasteiger partial charge in [0.25, 0.3) is 0 Å². The minimum atomic E-state index is -0.761. The van der Waals surface area contributed by atoms with Crippen LogP contribution in [-0.4, -0.2) is 64.4 Å². The molecule has 2 amide bonds. The molecule has 1 saturated heterocycles. The van der Waals surface area contributed by atoms with Crippen molar-refractivity contribution in [1.82, 2.24) is 15.0 Å². The SMILES string of the molecule is CC(C)N(C)c1cc(NC(=O)OC(C)(C)C)c(NC(=O)CC(=O)c2cccc(-n3nncc3COC3CCCCO3)c2)cc1C#N. The number of carbonyl (C=O) groups is 3. The predicted molar refractivity (Wildman–Crippen MR) is 172 cm³/mol. The molecular weight excluding hydrogens is 590 g/mol. The molecule has 13 heteroatoms. The Balaban J connectivity index is 1.50. The third-order valence-electron chi connectivity index (χ3n) is 7.23. The van der Waals surface area contributed by atoms with Gasteiger partial charge >= 0.3 is 6.09 Å². The van der Waals surface area contributed by atoms with Gasteiger partial charge in [-0.1, -0.05) is 17.3 Å². The first-order valence-corrected chi connectivity index (χ1v) is 15.2. The summed E-state index contributed by atoms with van der Waals surface area (Å²) in [5.41, 5.74) is 2.01. The number of carbonyl (C=O) groups excluding carboxylic acids is 3. The Morgan fingerprint density at radius 1 is 1.15 bits per heavy atom. The Morgan fingerprint density at radius 2 is 1.91 bits per heavy atom. The number of rotatable bonds is 11. The monoisotopic (exact) mass is 631 g/mol. The summed E-state index contributed by atoms with van der Waals surface area (Å²) in [6, 6.07) is 12.0. The average Bonchev–Trinajstić information content (AvgIpc) is 3.48. The van der Waals surface area contributed by atoms with Gasteiger partial charge in [0.05, 0.1) is 53.2 Å². The lowest BCUT2D eigenvalue weighted by molar-refractivity contribution is -0.169. The lowest BCUT2D eigenvalue weighted by Crippen LogP contribution is -2.29. The maximum absolute atomic E-state index is 13.2. The van der Waals surface area contributed by atoms with Gasteiger partial charge in [0, 0.05) is 25.3 Å². The van der Waals surface area contributed by atoms with E-state index in [0.29, 0.717) is 29.2 Å². The third kappa shape index (κ3) is 9.12. The van der Waals surface area contributed by atoms with Crippen molar-refractivity contribution in [2.24, 2.45) is 0 Å². The van der Waals surface area contributed by atoms with Gasteiger partial charge < -0.3 is 24.4 Å². The van der Waals surface area contributed by atoms with E-state index in [-0.39, 0.29) is 35.9 Å². The van der Waals surface area contributed by atoms with Gasteiger partial charge in [-0.2, -0.15) is 5.26 Å². The summed E-state index contributed by atoms with van der Waals surface area (Å²) in [4.78, 5) is 41.0. The molecule has 3 aromatic rings. The molecule has 0 radical (unpaired) electrons. The van der Waals surface area contributed by atoms with Crippen LogP contribution in [0, 0.1) is 11.3 Å². The lowest BCUT2D eigenvalue weighted by Gasteiger charge is -2.27. The smallest absolute Gasteiger partial charge is 0.412 e. The van der Waals surface area contributed by atoms with Crippen LogP contribution in [0.5, 0.6) is 0 Å². The van der Waals surface area contributed by atoms with Crippen molar-refractivity contribution in [3.05, 3.63) is 59.4 Å².